The Labute approximate surface area is 124 Å². The molecule has 0 saturated heterocycles. The van der Waals surface area contributed by atoms with Crippen LogP contribution in [0.5, 0.6) is 0 Å². The second-order valence-electron chi connectivity index (χ2n) is 4.95. The second kappa shape index (κ2) is 7.55. The highest BCUT2D eigenvalue weighted by atomic mass is 35.5. The molecule has 114 valence electrons. The van der Waals surface area contributed by atoms with Gasteiger partial charge in [0.25, 0.3) is 0 Å². The Morgan fingerprint density at radius 3 is 2.20 bits per heavy atom. The topological polar surface area (TPSA) is 46.3 Å². The first-order valence-corrected chi connectivity index (χ1v) is 6.23. The number of nitrogens with zero attached hydrogens (tertiary/aromatic N) is 1. The molecule has 3 nitrogen and oxygen atoms in total. The van der Waals surface area contributed by atoms with Gasteiger partial charge in [-0.1, -0.05) is 13.0 Å². The zero-order valence-electron chi connectivity index (χ0n) is 12.1. The lowest BCUT2D eigenvalue weighted by Crippen LogP contribution is -2.40. The van der Waals surface area contributed by atoms with Crippen LogP contribution in [0.15, 0.2) is 18.2 Å². The average molecular weight is 307 g/mol. The van der Waals surface area contributed by atoms with E-state index < -0.39 is 11.6 Å². The number of carbonyl (C=O) groups is 1. The highest BCUT2D eigenvalue weighted by molar-refractivity contribution is 5.85. The van der Waals surface area contributed by atoms with Gasteiger partial charge in [0.05, 0.1) is 12.0 Å². The van der Waals surface area contributed by atoms with Crippen molar-refractivity contribution in [1.29, 1.82) is 0 Å². The van der Waals surface area contributed by atoms with Crippen LogP contribution in [-0.2, 0) is 4.79 Å². The third-order valence-electron chi connectivity index (χ3n) is 3.53. The predicted molar refractivity (Wildman–Crippen MR) is 77.6 cm³/mol. The van der Waals surface area contributed by atoms with Gasteiger partial charge in [-0.05, 0) is 31.5 Å². The molecular weight excluding hydrogens is 286 g/mol. The normalized spacial score (nSPS) is 14.9. The smallest absolute Gasteiger partial charge is 0.227 e. The number of benzene rings is 1. The molecule has 3 unspecified atom stereocenters. The number of carbonyl (C=O) groups excluding carboxylic acids is 1. The van der Waals surface area contributed by atoms with Crippen molar-refractivity contribution in [3.05, 3.63) is 35.4 Å². The van der Waals surface area contributed by atoms with Gasteiger partial charge in [-0.2, -0.15) is 0 Å². The van der Waals surface area contributed by atoms with Crippen molar-refractivity contribution in [1.82, 2.24) is 4.90 Å². The lowest BCUT2D eigenvalue weighted by Gasteiger charge is -2.29. The Hall–Kier alpha value is -1.20. The van der Waals surface area contributed by atoms with E-state index in [4.69, 9.17) is 5.73 Å². The fourth-order valence-corrected chi connectivity index (χ4v) is 1.73. The quantitative estimate of drug-likeness (QED) is 0.929. The molecule has 6 heteroatoms. The number of halogens is 3. The SMILES string of the molecule is CC(N)C(C)C(=O)N(C)C(C)c1ccc(F)c(F)c1.Cl. The second-order valence-corrected chi connectivity index (χ2v) is 4.95. The molecule has 0 spiro atoms. The summed E-state index contributed by atoms with van der Waals surface area (Å²) in [6, 6.07) is 3.05. The molecule has 0 aliphatic rings. The molecule has 0 saturated carbocycles. The molecule has 20 heavy (non-hydrogen) atoms. The van der Waals surface area contributed by atoms with Crippen molar-refractivity contribution in [2.45, 2.75) is 32.9 Å². The van der Waals surface area contributed by atoms with Gasteiger partial charge < -0.3 is 10.6 Å². The first-order chi connectivity index (χ1) is 8.75. The van der Waals surface area contributed by atoms with E-state index in [0.717, 1.165) is 12.1 Å². The maximum absolute atomic E-state index is 13.2. The highest BCUT2D eigenvalue weighted by Crippen LogP contribution is 2.22. The van der Waals surface area contributed by atoms with Crippen molar-refractivity contribution in [2.24, 2.45) is 11.7 Å². The van der Waals surface area contributed by atoms with Gasteiger partial charge in [0, 0.05) is 13.1 Å². The summed E-state index contributed by atoms with van der Waals surface area (Å²) in [5.41, 5.74) is 6.25. The summed E-state index contributed by atoms with van der Waals surface area (Å²) < 4.78 is 26.1. The minimum atomic E-state index is -0.912. The van der Waals surface area contributed by atoms with Gasteiger partial charge in [0.15, 0.2) is 11.6 Å². The molecule has 0 fully saturated rings. The molecule has 0 aromatic heterocycles. The van der Waals surface area contributed by atoms with E-state index in [1.165, 1.54) is 11.0 Å². The Balaban J connectivity index is 0.00000361. The summed E-state index contributed by atoms with van der Waals surface area (Å²) in [6.45, 7) is 5.28. The van der Waals surface area contributed by atoms with Crippen LogP contribution >= 0.6 is 12.4 Å². The predicted octanol–water partition coefficient (Wildman–Crippen LogP) is 2.89. The van der Waals surface area contributed by atoms with Crippen LogP contribution in [0.4, 0.5) is 8.78 Å². The largest absolute Gasteiger partial charge is 0.339 e. The number of hydrogen-bond acceptors (Lipinski definition) is 2. The van der Waals surface area contributed by atoms with Gasteiger partial charge in [0.1, 0.15) is 0 Å². The monoisotopic (exact) mass is 306 g/mol. The van der Waals surface area contributed by atoms with Gasteiger partial charge in [-0.3, -0.25) is 4.79 Å². The lowest BCUT2D eigenvalue weighted by molar-refractivity contribution is -0.136. The Kier molecular flexibility index (Phi) is 7.09. The van der Waals surface area contributed by atoms with E-state index in [2.05, 4.69) is 0 Å². The summed E-state index contributed by atoms with van der Waals surface area (Å²) in [5.74, 6) is -2.25. The summed E-state index contributed by atoms with van der Waals surface area (Å²) in [6.07, 6.45) is 0. The van der Waals surface area contributed by atoms with Gasteiger partial charge >= 0.3 is 0 Å². The molecule has 0 aliphatic carbocycles. The molecular formula is C14H21ClF2N2O. The number of rotatable bonds is 4. The summed E-state index contributed by atoms with van der Waals surface area (Å²) >= 11 is 0. The standard InChI is InChI=1S/C14H20F2N2O.ClH/c1-8(9(2)17)14(19)18(4)10(3)11-5-6-12(15)13(16)7-11;/h5-10H,17H2,1-4H3;1H. The zero-order chi connectivity index (χ0) is 14.7. The van der Waals surface area contributed by atoms with Crippen LogP contribution in [0.3, 0.4) is 0 Å². The molecule has 1 aromatic rings. The van der Waals surface area contributed by atoms with Crippen LogP contribution in [0, 0.1) is 17.6 Å². The Morgan fingerprint density at radius 1 is 1.20 bits per heavy atom. The van der Waals surface area contributed by atoms with E-state index in [1.807, 2.05) is 0 Å². The average Bonchev–Trinajstić information content (AvgIpc) is 2.38. The highest BCUT2D eigenvalue weighted by Gasteiger charge is 2.25. The van der Waals surface area contributed by atoms with Crippen LogP contribution in [0.25, 0.3) is 0 Å². The van der Waals surface area contributed by atoms with Crippen LogP contribution in [0.2, 0.25) is 0 Å². The number of nitrogens with two attached hydrogens (primary N) is 1. The molecule has 3 atom stereocenters. The van der Waals surface area contributed by atoms with Crippen LogP contribution in [-0.4, -0.2) is 23.9 Å². The van der Waals surface area contributed by atoms with E-state index in [-0.39, 0.29) is 36.3 Å². The number of hydrogen-bond donors (Lipinski definition) is 1. The zero-order valence-corrected chi connectivity index (χ0v) is 12.9. The van der Waals surface area contributed by atoms with E-state index in [9.17, 15) is 13.6 Å². The van der Waals surface area contributed by atoms with Gasteiger partial charge in [-0.15, -0.1) is 12.4 Å². The van der Waals surface area contributed by atoms with Crippen molar-refractivity contribution in [3.8, 4) is 0 Å². The Morgan fingerprint density at radius 2 is 1.75 bits per heavy atom. The van der Waals surface area contributed by atoms with Gasteiger partial charge in [0.2, 0.25) is 5.91 Å². The molecule has 2 N–H and O–H groups in total. The fraction of sp³-hybridized carbons (Fsp3) is 0.500. The van der Waals surface area contributed by atoms with Crippen LogP contribution in [0.1, 0.15) is 32.4 Å². The van der Waals surface area contributed by atoms with Crippen molar-refractivity contribution in [3.63, 3.8) is 0 Å². The lowest BCUT2D eigenvalue weighted by atomic mass is 10.0. The van der Waals surface area contributed by atoms with Crippen LogP contribution < -0.4 is 5.73 Å². The van der Waals surface area contributed by atoms with Crippen molar-refractivity contribution < 1.29 is 13.6 Å². The molecule has 1 rings (SSSR count). The van der Waals surface area contributed by atoms with Crippen molar-refractivity contribution >= 4 is 18.3 Å². The first kappa shape index (κ1) is 18.8. The summed E-state index contributed by atoms with van der Waals surface area (Å²) in [4.78, 5) is 13.6. The van der Waals surface area contributed by atoms with Gasteiger partial charge in [-0.25, -0.2) is 8.78 Å². The maximum atomic E-state index is 13.2. The Bertz CT molecular complexity index is 468. The minimum absolute atomic E-state index is 0. The molecule has 0 radical (unpaired) electrons. The summed E-state index contributed by atoms with van der Waals surface area (Å²) in [5, 5.41) is 0. The fourth-order valence-electron chi connectivity index (χ4n) is 1.73. The summed E-state index contributed by atoms with van der Waals surface area (Å²) in [7, 11) is 1.63. The molecule has 0 heterocycles. The van der Waals surface area contributed by atoms with E-state index in [0.29, 0.717) is 5.56 Å². The molecule has 0 aliphatic heterocycles. The number of amides is 1. The minimum Gasteiger partial charge on any atom is -0.339 e. The molecule has 1 aromatic carbocycles. The third-order valence-corrected chi connectivity index (χ3v) is 3.53. The first-order valence-electron chi connectivity index (χ1n) is 6.23. The van der Waals surface area contributed by atoms with Crippen molar-refractivity contribution in [2.75, 3.05) is 7.05 Å². The molecule has 1 amide bonds. The van der Waals surface area contributed by atoms with E-state index >= 15 is 0 Å². The third kappa shape index (κ3) is 4.15. The maximum Gasteiger partial charge on any atom is 0.227 e. The van der Waals surface area contributed by atoms with E-state index in [1.54, 1.807) is 27.8 Å². The molecule has 0 bridgehead atoms.